The molecule has 0 unspecified atom stereocenters. The third kappa shape index (κ3) is 2.39. The van der Waals surface area contributed by atoms with Crippen molar-refractivity contribution in [2.24, 2.45) is 0 Å². The molecule has 0 amide bonds. The van der Waals surface area contributed by atoms with Crippen molar-refractivity contribution in [1.29, 1.82) is 0 Å². The Morgan fingerprint density at radius 1 is 1.45 bits per heavy atom. The number of hydrogen-bond donors (Lipinski definition) is 0. The van der Waals surface area contributed by atoms with Crippen molar-refractivity contribution in [3.8, 4) is 0 Å². The van der Waals surface area contributed by atoms with Crippen molar-refractivity contribution in [2.75, 3.05) is 5.88 Å². The summed E-state index contributed by atoms with van der Waals surface area (Å²) in [5.74, 6) is 1.70. The molecule has 0 spiro atoms. The van der Waals surface area contributed by atoms with Crippen LogP contribution in [0.2, 0.25) is 5.02 Å². The minimum atomic E-state index is 0.556. The quantitative estimate of drug-likeness (QED) is 0.623. The summed E-state index contributed by atoms with van der Waals surface area (Å²) in [6.07, 6.45) is 0. The Morgan fingerprint density at radius 3 is 2.73 bits per heavy atom. The Hall–Kier alpha value is -0.200. The predicted molar refractivity (Wildman–Crippen MR) is 50.2 cm³/mol. The fourth-order valence-corrected chi connectivity index (χ4v) is 1.18. The van der Waals surface area contributed by atoms with Crippen molar-refractivity contribution >= 4 is 23.2 Å². The number of rotatable bonds is 2. The van der Waals surface area contributed by atoms with Gasteiger partial charge in [0.1, 0.15) is 0 Å². The maximum absolute atomic E-state index is 5.79. The zero-order valence-corrected chi connectivity index (χ0v) is 7.78. The topological polar surface area (TPSA) is 0 Å². The minimum Gasteiger partial charge on any atom is -0.126 e. The third-order valence-electron chi connectivity index (χ3n) is 1.52. The normalized spacial score (nSPS) is 10.5. The van der Waals surface area contributed by atoms with Crippen molar-refractivity contribution in [3.05, 3.63) is 40.8 Å². The van der Waals surface area contributed by atoms with Crippen LogP contribution in [0.4, 0.5) is 0 Å². The molecule has 0 aliphatic carbocycles. The largest absolute Gasteiger partial charge is 0.126 e. The first-order chi connectivity index (χ1) is 5.24. The van der Waals surface area contributed by atoms with Gasteiger partial charge in [-0.3, -0.25) is 0 Å². The monoisotopic (exact) mass is 187 g/mol. The van der Waals surface area contributed by atoms with Crippen LogP contribution < -0.4 is 0 Å². The molecule has 1 aromatic rings. The number of benzene rings is 1. The molecular formula is C9H9Cl2. The SMILES string of the molecule is C[C](CCl)c1cccc(Cl)c1. The zero-order valence-electron chi connectivity index (χ0n) is 6.27. The molecule has 1 radical (unpaired) electrons. The second-order valence-corrected chi connectivity index (χ2v) is 3.13. The van der Waals surface area contributed by atoms with Crippen LogP contribution >= 0.6 is 23.2 Å². The van der Waals surface area contributed by atoms with Crippen LogP contribution in [0.3, 0.4) is 0 Å². The lowest BCUT2D eigenvalue weighted by molar-refractivity contribution is 1.16. The van der Waals surface area contributed by atoms with E-state index in [-0.39, 0.29) is 0 Å². The van der Waals surface area contributed by atoms with Crippen LogP contribution in [-0.4, -0.2) is 5.88 Å². The van der Waals surface area contributed by atoms with Gasteiger partial charge in [-0.05, 0) is 17.7 Å². The van der Waals surface area contributed by atoms with Gasteiger partial charge in [0, 0.05) is 16.8 Å². The van der Waals surface area contributed by atoms with Crippen molar-refractivity contribution in [2.45, 2.75) is 6.92 Å². The molecule has 0 atom stereocenters. The summed E-state index contributed by atoms with van der Waals surface area (Å²) < 4.78 is 0. The second kappa shape index (κ2) is 3.99. The Morgan fingerprint density at radius 2 is 2.18 bits per heavy atom. The van der Waals surface area contributed by atoms with Gasteiger partial charge in [-0.2, -0.15) is 0 Å². The van der Waals surface area contributed by atoms with E-state index in [0.717, 1.165) is 16.5 Å². The average molecular weight is 188 g/mol. The molecule has 1 aromatic carbocycles. The third-order valence-corrected chi connectivity index (χ3v) is 2.15. The van der Waals surface area contributed by atoms with Crippen LogP contribution in [0.5, 0.6) is 0 Å². The smallest absolute Gasteiger partial charge is 0.0408 e. The van der Waals surface area contributed by atoms with Crippen molar-refractivity contribution < 1.29 is 0 Å². The van der Waals surface area contributed by atoms with Gasteiger partial charge in [0.05, 0.1) is 0 Å². The van der Waals surface area contributed by atoms with Crippen LogP contribution in [0.25, 0.3) is 0 Å². The molecule has 0 heterocycles. The minimum absolute atomic E-state index is 0.556. The first-order valence-corrected chi connectivity index (χ1v) is 4.29. The number of hydrogen-bond acceptors (Lipinski definition) is 0. The highest BCUT2D eigenvalue weighted by molar-refractivity contribution is 6.30. The highest BCUT2D eigenvalue weighted by Gasteiger charge is 2.03. The molecule has 11 heavy (non-hydrogen) atoms. The predicted octanol–water partition coefficient (Wildman–Crippen LogP) is 3.52. The van der Waals surface area contributed by atoms with E-state index in [1.165, 1.54) is 0 Å². The molecule has 0 nitrogen and oxygen atoms in total. The summed E-state index contributed by atoms with van der Waals surface area (Å²) in [6, 6.07) is 7.70. The lowest BCUT2D eigenvalue weighted by atomic mass is 10.0. The summed E-state index contributed by atoms with van der Waals surface area (Å²) >= 11 is 11.4. The molecule has 0 saturated carbocycles. The van der Waals surface area contributed by atoms with Gasteiger partial charge in [-0.15, -0.1) is 11.6 Å². The van der Waals surface area contributed by atoms with Gasteiger partial charge in [0.2, 0.25) is 0 Å². The summed E-state index contributed by atoms with van der Waals surface area (Å²) in [7, 11) is 0. The Bertz CT molecular complexity index is 233. The molecule has 0 bridgehead atoms. The lowest BCUT2D eigenvalue weighted by Crippen LogP contribution is -1.94. The van der Waals surface area contributed by atoms with Crippen LogP contribution in [0.1, 0.15) is 12.5 Å². The molecule has 0 aliphatic heterocycles. The van der Waals surface area contributed by atoms with E-state index >= 15 is 0 Å². The van der Waals surface area contributed by atoms with E-state index < -0.39 is 0 Å². The van der Waals surface area contributed by atoms with Gasteiger partial charge in [0.15, 0.2) is 0 Å². The van der Waals surface area contributed by atoms with Gasteiger partial charge in [-0.25, -0.2) is 0 Å². The summed E-state index contributed by atoms with van der Waals surface area (Å²) in [5.41, 5.74) is 1.12. The van der Waals surface area contributed by atoms with E-state index in [0.29, 0.717) is 5.88 Å². The standard InChI is InChI=1S/C9H9Cl2/c1-7(6-10)8-3-2-4-9(11)5-8/h2-5H,6H2,1H3. The maximum Gasteiger partial charge on any atom is 0.0408 e. The fourth-order valence-electron chi connectivity index (χ4n) is 0.831. The fraction of sp³-hybridized carbons (Fsp3) is 0.222. The van der Waals surface area contributed by atoms with Gasteiger partial charge in [0.25, 0.3) is 0 Å². The summed E-state index contributed by atoms with van der Waals surface area (Å²) in [5, 5.41) is 0.756. The Kier molecular flexibility index (Phi) is 3.22. The number of halogens is 2. The maximum atomic E-state index is 5.79. The van der Waals surface area contributed by atoms with Crippen LogP contribution in [0, 0.1) is 5.92 Å². The number of alkyl halides is 1. The van der Waals surface area contributed by atoms with E-state index in [4.69, 9.17) is 23.2 Å². The Labute approximate surface area is 77.1 Å². The molecule has 0 aromatic heterocycles. The van der Waals surface area contributed by atoms with E-state index in [1.807, 2.05) is 31.2 Å². The first-order valence-electron chi connectivity index (χ1n) is 3.38. The second-order valence-electron chi connectivity index (χ2n) is 2.42. The van der Waals surface area contributed by atoms with Crippen LogP contribution in [-0.2, 0) is 0 Å². The molecule has 0 N–H and O–H groups in total. The molecular weight excluding hydrogens is 179 g/mol. The van der Waals surface area contributed by atoms with Crippen molar-refractivity contribution in [1.82, 2.24) is 0 Å². The van der Waals surface area contributed by atoms with Gasteiger partial charge >= 0.3 is 0 Å². The van der Waals surface area contributed by atoms with Gasteiger partial charge < -0.3 is 0 Å². The highest BCUT2D eigenvalue weighted by Crippen LogP contribution is 2.19. The highest BCUT2D eigenvalue weighted by atomic mass is 35.5. The summed E-state index contributed by atoms with van der Waals surface area (Å²) in [6.45, 7) is 2.00. The molecule has 59 valence electrons. The van der Waals surface area contributed by atoms with E-state index in [1.54, 1.807) is 0 Å². The molecule has 0 aliphatic rings. The zero-order chi connectivity index (χ0) is 8.27. The molecule has 2 heteroatoms. The van der Waals surface area contributed by atoms with E-state index in [9.17, 15) is 0 Å². The summed E-state index contributed by atoms with van der Waals surface area (Å²) in [4.78, 5) is 0. The molecule has 0 fully saturated rings. The molecule has 1 rings (SSSR count). The Balaban J connectivity index is 2.86. The van der Waals surface area contributed by atoms with Crippen molar-refractivity contribution in [3.63, 3.8) is 0 Å². The first kappa shape index (κ1) is 8.89. The molecule has 0 saturated heterocycles. The van der Waals surface area contributed by atoms with Gasteiger partial charge in [-0.1, -0.05) is 30.7 Å². The van der Waals surface area contributed by atoms with Crippen LogP contribution in [0.15, 0.2) is 24.3 Å². The average Bonchev–Trinajstić information content (AvgIpc) is 2.03. The van der Waals surface area contributed by atoms with E-state index in [2.05, 4.69) is 0 Å². The lowest BCUT2D eigenvalue weighted by Gasteiger charge is -2.05.